The first kappa shape index (κ1) is 70.2. The van der Waals surface area contributed by atoms with Gasteiger partial charge in [-0.1, -0.05) is 205 Å². The van der Waals surface area contributed by atoms with Crippen molar-refractivity contribution in [3.8, 4) is 51.5 Å². The second-order valence-corrected chi connectivity index (χ2v) is 24.2. The Hall–Kier alpha value is -9.28. The number of pyridine rings is 2. The highest BCUT2D eigenvalue weighted by molar-refractivity contribution is 5.96. The fourth-order valence-corrected chi connectivity index (χ4v) is 12.1. The average Bonchev–Trinajstić information content (AvgIpc) is 0.768. The molecule has 0 spiro atoms. The highest BCUT2D eigenvalue weighted by Gasteiger charge is 2.29. The Bertz CT molecular complexity index is 3560. The predicted molar refractivity (Wildman–Crippen MR) is 369 cm³/mol. The zero-order valence-corrected chi connectivity index (χ0v) is 55.2. The van der Waals surface area contributed by atoms with Crippen molar-refractivity contribution in [2.24, 2.45) is 44.1 Å². The molecule has 4 unspecified atom stereocenters. The molecule has 0 fully saturated rings. The van der Waals surface area contributed by atoms with E-state index in [0.29, 0.717) is 83.5 Å². The lowest BCUT2D eigenvalue weighted by Crippen LogP contribution is -2.39. The highest BCUT2D eigenvalue weighted by atomic mass is 16.3. The predicted octanol–water partition coefficient (Wildman–Crippen LogP) is 19.7. The monoisotopic (exact) mass is 1240 g/mol. The summed E-state index contributed by atoms with van der Waals surface area (Å²) in [6.07, 6.45) is 16.6. The van der Waals surface area contributed by atoms with Crippen LogP contribution in [-0.2, 0) is 0 Å². The maximum absolute atomic E-state index is 14.7. The smallest absolute Gasteiger partial charge is 0.276 e. The van der Waals surface area contributed by atoms with E-state index < -0.39 is 22.9 Å². The standard InChI is InChI=1S/C76H92N10O6/c1-10-18-30-53(14-5)49-83(50-54(15-6)31-19-11-2)71(87)59-38-28-40-61(46-59)79-81-69-66(57-34-24-22-25-35-57)65(48-77)73(89)85(75(69)91)63-42-44-64(45-43-63)86-74(90)68(78-9)67(58-36-26-23-27-37-58)70(76(86)92)82-80-62-41-29-39-60(47-62)72(88)84(51-55(16-7)32-20-12-3)52-56(17-8)33-21-13-4/h22-29,34-47,53-56,91-92H,10-21,30-33,49-52H2,1-8H3. The molecule has 16 heteroatoms. The van der Waals surface area contributed by atoms with Gasteiger partial charge in [0, 0.05) is 48.4 Å². The number of aromatic nitrogens is 2. The third-order valence-electron chi connectivity index (χ3n) is 17.7. The van der Waals surface area contributed by atoms with Gasteiger partial charge in [0.25, 0.3) is 28.6 Å². The van der Waals surface area contributed by atoms with Crippen LogP contribution in [0.5, 0.6) is 11.8 Å². The Kier molecular flexibility index (Phi) is 27.0. The quantitative estimate of drug-likeness (QED) is 0.0295. The molecule has 482 valence electrons. The summed E-state index contributed by atoms with van der Waals surface area (Å²) >= 11 is 0. The number of carbonyl (C=O) groups excluding carboxylic acids is 2. The molecule has 2 aromatic heterocycles. The first-order valence-electron chi connectivity index (χ1n) is 33.4. The van der Waals surface area contributed by atoms with Crippen LogP contribution in [0.1, 0.15) is 184 Å². The molecule has 16 nitrogen and oxygen atoms in total. The molecule has 4 atom stereocenters. The van der Waals surface area contributed by atoms with Crippen molar-refractivity contribution in [3.63, 3.8) is 0 Å². The maximum Gasteiger partial charge on any atom is 0.276 e. The number of unbranched alkanes of at least 4 members (excludes halogenated alkanes) is 4. The number of hydrogen-bond acceptors (Lipinski definition) is 11. The Balaban J connectivity index is 1.30. The van der Waals surface area contributed by atoms with E-state index >= 15 is 0 Å². The minimum absolute atomic E-state index is 0.0375. The van der Waals surface area contributed by atoms with Gasteiger partial charge in [0.1, 0.15) is 17.3 Å². The second-order valence-electron chi connectivity index (χ2n) is 24.2. The van der Waals surface area contributed by atoms with E-state index in [9.17, 15) is 34.7 Å². The van der Waals surface area contributed by atoms with Gasteiger partial charge < -0.3 is 20.0 Å². The molecule has 5 aromatic carbocycles. The lowest BCUT2D eigenvalue weighted by molar-refractivity contribution is 0.0678. The molecule has 0 saturated heterocycles. The molecule has 2 N–H and O–H groups in total. The molecule has 0 aliphatic heterocycles. The number of hydrogen-bond donors (Lipinski definition) is 2. The van der Waals surface area contributed by atoms with Gasteiger partial charge in [-0.25, -0.2) is 9.41 Å². The second kappa shape index (κ2) is 35.4. The summed E-state index contributed by atoms with van der Waals surface area (Å²) in [6, 6.07) is 38.7. The van der Waals surface area contributed by atoms with E-state index in [2.05, 4.69) is 86.8 Å². The molecule has 2 heterocycles. The van der Waals surface area contributed by atoms with Crippen LogP contribution in [0.3, 0.4) is 0 Å². The summed E-state index contributed by atoms with van der Waals surface area (Å²) in [7, 11) is 0. The summed E-state index contributed by atoms with van der Waals surface area (Å²) in [6.45, 7) is 28.4. The van der Waals surface area contributed by atoms with E-state index in [1.807, 2.05) is 9.80 Å². The van der Waals surface area contributed by atoms with Crippen molar-refractivity contribution in [1.29, 1.82) is 5.26 Å². The van der Waals surface area contributed by atoms with Gasteiger partial charge in [-0.2, -0.15) is 15.5 Å². The Morgan fingerprint density at radius 1 is 0.500 bits per heavy atom. The lowest BCUT2D eigenvalue weighted by atomic mass is 9.95. The summed E-state index contributed by atoms with van der Waals surface area (Å²) in [5.74, 6) is -0.108. The largest absolute Gasteiger partial charge is 0.493 e. The van der Waals surface area contributed by atoms with Gasteiger partial charge in [-0.05, 0) is 121 Å². The van der Waals surface area contributed by atoms with Crippen molar-refractivity contribution in [3.05, 3.63) is 182 Å². The SMILES string of the molecule is [C-]#[N+]c1c(-c2ccccc2)c(N=Nc2cccc(C(=O)N(CC(CC)CCCC)CC(CC)CCCC)c2)c(O)n(-c2ccc(-n3c(O)c(N=Nc4cccc(C(=O)N(CC(CC)CCCC)CC(CC)CCCC)c4)c(-c4ccccc4)c(C#N)c3=O)cc2)c1=O. The van der Waals surface area contributed by atoms with Crippen LogP contribution < -0.4 is 11.1 Å². The van der Waals surface area contributed by atoms with Gasteiger partial charge in [-0.15, -0.1) is 10.2 Å². The van der Waals surface area contributed by atoms with Crippen molar-refractivity contribution < 1.29 is 19.8 Å². The lowest BCUT2D eigenvalue weighted by Gasteiger charge is -2.31. The Morgan fingerprint density at radius 2 is 0.859 bits per heavy atom. The topological polar surface area (TPSA) is 203 Å². The fraction of sp³-hybridized carbons (Fsp3) is 0.421. The number of nitriles is 1. The number of benzene rings is 5. The number of rotatable bonds is 34. The zero-order valence-electron chi connectivity index (χ0n) is 55.2. The van der Waals surface area contributed by atoms with Crippen molar-refractivity contribution in [1.82, 2.24) is 18.9 Å². The summed E-state index contributed by atoms with van der Waals surface area (Å²) in [5, 5.41) is 53.8. The van der Waals surface area contributed by atoms with Crippen LogP contribution in [0.4, 0.5) is 28.4 Å². The number of amides is 2. The van der Waals surface area contributed by atoms with Crippen molar-refractivity contribution in [2.75, 3.05) is 26.2 Å². The minimum atomic E-state index is -0.880. The van der Waals surface area contributed by atoms with Crippen molar-refractivity contribution in [2.45, 2.75) is 158 Å². The van der Waals surface area contributed by atoms with E-state index in [0.717, 1.165) is 112 Å². The number of azo groups is 2. The third kappa shape index (κ3) is 17.6. The summed E-state index contributed by atoms with van der Waals surface area (Å²) in [4.78, 5) is 66.3. The minimum Gasteiger partial charge on any atom is -0.493 e. The fourth-order valence-electron chi connectivity index (χ4n) is 12.1. The van der Waals surface area contributed by atoms with E-state index in [1.54, 1.807) is 109 Å². The van der Waals surface area contributed by atoms with Gasteiger partial charge in [-0.3, -0.25) is 23.7 Å². The summed E-state index contributed by atoms with van der Waals surface area (Å²) < 4.78 is 1.84. The average molecular weight is 1240 g/mol. The highest BCUT2D eigenvalue weighted by Crippen LogP contribution is 2.45. The molecular weight excluding hydrogens is 1150 g/mol. The van der Waals surface area contributed by atoms with Crippen LogP contribution in [0.2, 0.25) is 0 Å². The van der Waals surface area contributed by atoms with Crippen LogP contribution in [0, 0.1) is 41.6 Å². The number of nitrogens with zero attached hydrogens (tertiary/aromatic N) is 10. The zero-order chi connectivity index (χ0) is 66.1. The van der Waals surface area contributed by atoms with Gasteiger partial charge in [0.2, 0.25) is 11.8 Å². The first-order chi connectivity index (χ1) is 44.7. The normalized spacial score (nSPS) is 12.8. The molecule has 7 aromatic rings. The molecule has 92 heavy (non-hydrogen) atoms. The molecule has 0 aliphatic rings. The van der Waals surface area contributed by atoms with E-state index in [4.69, 9.17) is 6.57 Å². The van der Waals surface area contributed by atoms with Crippen LogP contribution >= 0.6 is 0 Å². The van der Waals surface area contributed by atoms with Gasteiger partial charge >= 0.3 is 0 Å². The molecule has 0 aliphatic carbocycles. The molecule has 0 saturated carbocycles. The molecular formula is C76H92N10O6. The first-order valence-corrected chi connectivity index (χ1v) is 33.4. The van der Waals surface area contributed by atoms with Crippen LogP contribution in [0.25, 0.3) is 38.5 Å². The maximum atomic E-state index is 14.7. The summed E-state index contributed by atoms with van der Waals surface area (Å²) in [5.41, 5.74) is -0.370. The molecule has 0 bridgehead atoms. The van der Waals surface area contributed by atoms with E-state index in [-0.39, 0.29) is 56.9 Å². The van der Waals surface area contributed by atoms with Crippen LogP contribution in [0.15, 0.2) is 164 Å². The van der Waals surface area contributed by atoms with E-state index in [1.165, 1.54) is 24.3 Å². The van der Waals surface area contributed by atoms with Gasteiger partial charge in [0.15, 0.2) is 5.69 Å². The molecule has 0 radical (unpaired) electrons. The number of aromatic hydroxyl groups is 2. The Labute approximate surface area is 543 Å². The van der Waals surface area contributed by atoms with Gasteiger partial charge in [0.05, 0.1) is 29.3 Å². The Morgan fingerprint density at radius 3 is 1.21 bits per heavy atom. The van der Waals surface area contributed by atoms with Crippen LogP contribution in [-0.4, -0.2) is 67.1 Å². The molecule has 2 amide bonds. The third-order valence-corrected chi connectivity index (χ3v) is 17.7. The molecule has 7 rings (SSSR count). The number of carbonyl (C=O) groups is 2. The van der Waals surface area contributed by atoms with Crippen molar-refractivity contribution >= 4 is 40.3 Å².